The molecule has 1 amide bonds. The van der Waals surface area contributed by atoms with Gasteiger partial charge in [-0.1, -0.05) is 6.92 Å². The summed E-state index contributed by atoms with van der Waals surface area (Å²) in [6.07, 6.45) is 2.53. The number of aromatic nitrogens is 1. The van der Waals surface area contributed by atoms with E-state index in [0.717, 1.165) is 12.1 Å². The molecule has 0 spiro atoms. The van der Waals surface area contributed by atoms with Crippen LogP contribution in [0.1, 0.15) is 55.1 Å². The predicted molar refractivity (Wildman–Crippen MR) is 120 cm³/mol. The summed E-state index contributed by atoms with van der Waals surface area (Å²) in [5, 5.41) is 12.1. The standard InChI is InChI=1S/C24H28FN3O5/c1-5-24(2,3)27-21(29)15-33-20-8-7-18(25)12-19(20)22(30)17-11-16(13-26)23(31)28(14-17)9-6-10-32-4/h7-8,11-12,14H,5-6,9-10,15H2,1-4H3,(H,27,29). The highest BCUT2D eigenvalue weighted by Crippen LogP contribution is 2.23. The molecule has 1 aromatic heterocycles. The van der Waals surface area contributed by atoms with Gasteiger partial charge in [0.15, 0.2) is 12.4 Å². The summed E-state index contributed by atoms with van der Waals surface area (Å²) >= 11 is 0. The fourth-order valence-electron chi connectivity index (χ4n) is 2.99. The number of ether oxygens (including phenoxy) is 2. The second-order valence-electron chi connectivity index (χ2n) is 8.14. The second-order valence-corrected chi connectivity index (χ2v) is 8.14. The van der Waals surface area contributed by atoms with Gasteiger partial charge in [0.1, 0.15) is 23.2 Å². The van der Waals surface area contributed by atoms with Gasteiger partial charge in [0, 0.05) is 37.6 Å². The maximum atomic E-state index is 14.0. The van der Waals surface area contributed by atoms with Gasteiger partial charge in [-0.3, -0.25) is 14.4 Å². The third-order valence-corrected chi connectivity index (χ3v) is 5.12. The SMILES string of the molecule is CCC(C)(C)NC(=O)COc1ccc(F)cc1C(=O)c1cc(C#N)c(=O)n(CCCOC)c1. The van der Waals surface area contributed by atoms with Crippen LogP contribution in [0.2, 0.25) is 0 Å². The quantitative estimate of drug-likeness (QED) is 0.410. The largest absolute Gasteiger partial charge is 0.483 e. The van der Waals surface area contributed by atoms with Gasteiger partial charge in [0.2, 0.25) is 0 Å². The number of hydrogen-bond donors (Lipinski definition) is 1. The molecule has 0 fully saturated rings. The van der Waals surface area contributed by atoms with Gasteiger partial charge in [0.25, 0.3) is 11.5 Å². The predicted octanol–water partition coefficient (Wildman–Crippen LogP) is 2.81. The number of nitrogens with zero attached hydrogens (tertiary/aromatic N) is 2. The van der Waals surface area contributed by atoms with E-state index in [1.165, 1.54) is 30.0 Å². The Morgan fingerprint density at radius 2 is 2.00 bits per heavy atom. The Morgan fingerprint density at radius 1 is 1.27 bits per heavy atom. The Kier molecular flexibility index (Phi) is 8.88. The zero-order valence-electron chi connectivity index (χ0n) is 19.2. The van der Waals surface area contributed by atoms with Gasteiger partial charge >= 0.3 is 0 Å². The zero-order valence-corrected chi connectivity index (χ0v) is 19.2. The van der Waals surface area contributed by atoms with Crippen LogP contribution in [0.5, 0.6) is 5.75 Å². The Bertz CT molecular complexity index is 1120. The van der Waals surface area contributed by atoms with Crippen molar-refractivity contribution in [1.82, 2.24) is 9.88 Å². The van der Waals surface area contributed by atoms with Crippen LogP contribution in [-0.4, -0.2) is 42.1 Å². The van der Waals surface area contributed by atoms with E-state index in [9.17, 15) is 24.0 Å². The molecule has 2 aromatic rings. The normalized spacial score (nSPS) is 11.0. The topological polar surface area (TPSA) is 110 Å². The Labute approximate surface area is 191 Å². The average molecular weight is 458 g/mol. The molecule has 2 rings (SSSR count). The first-order chi connectivity index (χ1) is 15.6. The molecule has 176 valence electrons. The molecule has 1 aromatic carbocycles. The number of nitrogens with one attached hydrogen (secondary N) is 1. The molecular weight excluding hydrogens is 429 g/mol. The summed E-state index contributed by atoms with van der Waals surface area (Å²) in [6.45, 7) is 5.93. The molecule has 1 N–H and O–H groups in total. The van der Waals surface area contributed by atoms with E-state index in [1.54, 1.807) is 6.07 Å². The molecule has 0 unspecified atom stereocenters. The van der Waals surface area contributed by atoms with E-state index in [2.05, 4.69) is 5.32 Å². The van der Waals surface area contributed by atoms with Crippen LogP contribution in [0.15, 0.2) is 35.3 Å². The first-order valence-corrected chi connectivity index (χ1v) is 10.5. The van der Waals surface area contributed by atoms with E-state index in [-0.39, 0.29) is 41.5 Å². The van der Waals surface area contributed by atoms with Gasteiger partial charge in [-0.05, 0) is 51.0 Å². The van der Waals surface area contributed by atoms with Crippen LogP contribution in [0, 0.1) is 17.1 Å². The molecule has 0 bridgehead atoms. The minimum absolute atomic E-state index is 0.0153. The van der Waals surface area contributed by atoms with Crippen molar-refractivity contribution in [1.29, 1.82) is 5.26 Å². The molecule has 0 saturated carbocycles. The second kappa shape index (κ2) is 11.4. The minimum Gasteiger partial charge on any atom is -0.483 e. The van der Waals surface area contributed by atoms with Gasteiger partial charge in [-0.15, -0.1) is 0 Å². The van der Waals surface area contributed by atoms with E-state index in [4.69, 9.17) is 9.47 Å². The van der Waals surface area contributed by atoms with Crippen LogP contribution in [0.4, 0.5) is 4.39 Å². The van der Waals surface area contributed by atoms with Crippen LogP contribution < -0.4 is 15.6 Å². The molecule has 0 aliphatic rings. The lowest BCUT2D eigenvalue weighted by molar-refractivity contribution is -0.124. The smallest absolute Gasteiger partial charge is 0.268 e. The molecule has 0 aliphatic carbocycles. The third-order valence-electron chi connectivity index (χ3n) is 5.12. The van der Waals surface area contributed by atoms with Crippen molar-refractivity contribution in [3.63, 3.8) is 0 Å². The van der Waals surface area contributed by atoms with Crippen molar-refractivity contribution in [2.45, 2.75) is 45.7 Å². The molecule has 0 aliphatic heterocycles. The number of benzene rings is 1. The summed E-state index contributed by atoms with van der Waals surface area (Å²) in [4.78, 5) is 37.8. The number of amides is 1. The van der Waals surface area contributed by atoms with E-state index in [0.29, 0.717) is 19.4 Å². The first-order valence-electron chi connectivity index (χ1n) is 10.5. The molecule has 8 nitrogen and oxygen atoms in total. The number of aryl methyl sites for hydroxylation is 1. The number of ketones is 1. The Balaban J connectivity index is 2.35. The number of rotatable bonds is 11. The molecular formula is C24H28FN3O5. The summed E-state index contributed by atoms with van der Waals surface area (Å²) in [5.74, 6) is -1.68. The number of hydrogen-bond acceptors (Lipinski definition) is 6. The molecule has 33 heavy (non-hydrogen) atoms. The van der Waals surface area contributed by atoms with E-state index in [1.807, 2.05) is 20.8 Å². The van der Waals surface area contributed by atoms with Gasteiger partial charge in [-0.2, -0.15) is 5.26 Å². The number of carbonyl (C=O) groups is 2. The van der Waals surface area contributed by atoms with Gasteiger partial charge in [-0.25, -0.2) is 4.39 Å². The lowest BCUT2D eigenvalue weighted by Gasteiger charge is -2.24. The van der Waals surface area contributed by atoms with Crippen molar-refractivity contribution in [2.24, 2.45) is 0 Å². The number of methoxy groups -OCH3 is 1. The fourth-order valence-corrected chi connectivity index (χ4v) is 2.99. The van der Waals surface area contributed by atoms with Gasteiger partial charge in [0.05, 0.1) is 5.56 Å². The molecule has 0 radical (unpaired) electrons. The highest BCUT2D eigenvalue weighted by atomic mass is 19.1. The van der Waals surface area contributed by atoms with Gasteiger partial charge < -0.3 is 19.4 Å². The fraction of sp³-hybridized carbons (Fsp3) is 0.417. The number of carbonyl (C=O) groups excluding carboxylic acids is 2. The third kappa shape index (κ3) is 6.99. The van der Waals surface area contributed by atoms with Crippen LogP contribution in [0.3, 0.4) is 0 Å². The lowest BCUT2D eigenvalue weighted by Crippen LogP contribution is -2.44. The van der Waals surface area contributed by atoms with Crippen LogP contribution in [0.25, 0.3) is 0 Å². The van der Waals surface area contributed by atoms with E-state index >= 15 is 0 Å². The van der Waals surface area contributed by atoms with Crippen molar-refractivity contribution in [2.75, 3.05) is 20.3 Å². The van der Waals surface area contributed by atoms with Crippen LogP contribution in [-0.2, 0) is 16.1 Å². The number of pyridine rings is 1. The van der Waals surface area contributed by atoms with Crippen LogP contribution >= 0.6 is 0 Å². The maximum absolute atomic E-state index is 14.0. The van der Waals surface area contributed by atoms with Crippen molar-refractivity contribution >= 4 is 11.7 Å². The average Bonchev–Trinajstić information content (AvgIpc) is 2.78. The number of nitriles is 1. The molecule has 0 saturated heterocycles. The molecule has 9 heteroatoms. The lowest BCUT2D eigenvalue weighted by atomic mass is 10.0. The monoisotopic (exact) mass is 457 g/mol. The summed E-state index contributed by atoms with van der Waals surface area (Å²) in [6, 6.07) is 6.34. The molecule has 0 atom stereocenters. The minimum atomic E-state index is -0.670. The van der Waals surface area contributed by atoms with Crippen molar-refractivity contribution < 1.29 is 23.5 Å². The summed E-state index contributed by atoms with van der Waals surface area (Å²) in [7, 11) is 1.53. The first kappa shape index (κ1) is 25.7. The highest BCUT2D eigenvalue weighted by molar-refractivity contribution is 6.10. The highest BCUT2D eigenvalue weighted by Gasteiger charge is 2.21. The zero-order chi connectivity index (χ0) is 24.6. The summed E-state index contributed by atoms with van der Waals surface area (Å²) in [5.41, 5.74) is -1.26. The molecule has 1 heterocycles. The Hall–Kier alpha value is -3.51. The Morgan fingerprint density at radius 3 is 2.64 bits per heavy atom. The van der Waals surface area contributed by atoms with Crippen molar-refractivity contribution in [3.05, 3.63) is 63.3 Å². The summed E-state index contributed by atoms with van der Waals surface area (Å²) < 4.78 is 25.7. The van der Waals surface area contributed by atoms with E-state index < -0.39 is 22.7 Å². The maximum Gasteiger partial charge on any atom is 0.268 e. The number of halogens is 1. The van der Waals surface area contributed by atoms with Crippen molar-refractivity contribution in [3.8, 4) is 11.8 Å².